The number of pyridine rings is 1. The molecule has 33 heavy (non-hydrogen) atoms. The third-order valence-electron chi connectivity index (χ3n) is 5.66. The normalized spacial score (nSPS) is 11.8. The van der Waals surface area contributed by atoms with E-state index in [1.807, 2.05) is 86.3 Å². The lowest BCUT2D eigenvalue weighted by atomic mass is 10.0. The number of para-hydroxylation sites is 1. The molecule has 4 aromatic rings. The van der Waals surface area contributed by atoms with E-state index in [9.17, 15) is 9.59 Å². The highest BCUT2D eigenvalue weighted by atomic mass is 16.5. The maximum Gasteiger partial charge on any atom is 0.340 e. The minimum atomic E-state index is -0.550. The standard InChI is InChI=1S/C26H26N4O3/c1-4-20-23(17(2)19-12-8-9-13-21(19)28-20)26(32)33-16-22(31)29-24(18-10-6-5-7-11-18)25-27-14-15-30(25)3/h5-15,24H,4,16H2,1-3H3,(H,29,31)/t24-/m0/s1. The Morgan fingerprint density at radius 2 is 1.82 bits per heavy atom. The molecule has 0 radical (unpaired) electrons. The number of aromatic nitrogens is 3. The van der Waals surface area contributed by atoms with Gasteiger partial charge in [0.2, 0.25) is 0 Å². The second kappa shape index (κ2) is 9.65. The summed E-state index contributed by atoms with van der Waals surface area (Å²) in [4.78, 5) is 34.8. The summed E-state index contributed by atoms with van der Waals surface area (Å²) in [5.74, 6) is -0.278. The molecule has 0 spiro atoms. The van der Waals surface area contributed by atoms with Crippen LogP contribution in [0.5, 0.6) is 0 Å². The SMILES string of the molecule is CCc1nc2ccccc2c(C)c1C(=O)OCC(=O)N[C@@H](c1ccccc1)c1nccn1C. The second-order valence-electron chi connectivity index (χ2n) is 7.81. The monoisotopic (exact) mass is 442 g/mol. The molecule has 0 unspecified atom stereocenters. The van der Waals surface area contributed by atoms with E-state index in [0.29, 0.717) is 23.5 Å². The number of rotatable bonds is 7. The number of benzene rings is 2. The summed E-state index contributed by atoms with van der Waals surface area (Å²) < 4.78 is 7.28. The fourth-order valence-corrected chi connectivity index (χ4v) is 3.97. The van der Waals surface area contributed by atoms with Crippen LogP contribution in [0, 0.1) is 6.92 Å². The number of nitrogens with zero attached hydrogens (tertiary/aromatic N) is 3. The summed E-state index contributed by atoms with van der Waals surface area (Å²) in [5, 5.41) is 3.83. The van der Waals surface area contributed by atoms with Crippen LogP contribution in [0.25, 0.3) is 10.9 Å². The summed E-state index contributed by atoms with van der Waals surface area (Å²) in [5.41, 5.74) is 3.61. The Hall–Kier alpha value is -4.00. The molecule has 168 valence electrons. The van der Waals surface area contributed by atoms with E-state index in [1.165, 1.54) is 0 Å². The molecule has 7 heteroatoms. The quantitative estimate of drug-likeness (QED) is 0.439. The fraction of sp³-hybridized carbons (Fsp3) is 0.231. The van der Waals surface area contributed by atoms with Gasteiger partial charge in [0, 0.05) is 24.8 Å². The molecule has 2 heterocycles. The molecule has 7 nitrogen and oxygen atoms in total. The predicted molar refractivity (Wildman–Crippen MR) is 126 cm³/mol. The van der Waals surface area contributed by atoms with Crippen molar-refractivity contribution in [1.29, 1.82) is 0 Å². The molecule has 0 aliphatic carbocycles. The van der Waals surface area contributed by atoms with Gasteiger partial charge in [-0.2, -0.15) is 0 Å². The van der Waals surface area contributed by atoms with Crippen molar-refractivity contribution in [2.45, 2.75) is 26.3 Å². The summed E-state index contributed by atoms with van der Waals surface area (Å²) in [6.45, 7) is 3.42. The van der Waals surface area contributed by atoms with Crippen molar-refractivity contribution in [3.8, 4) is 0 Å². The molecular formula is C26H26N4O3. The van der Waals surface area contributed by atoms with Gasteiger partial charge in [-0.1, -0.05) is 55.5 Å². The number of esters is 1. The van der Waals surface area contributed by atoms with Gasteiger partial charge in [-0.05, 0) is 30.5 Å². The van der Waals surface area contributed by atoms with Crippen LogP contribution >= 0.6 is 0 Å². The number of fused-ring (bicyclic) bond motifs is 1. The first-order chi connectivity index (χ1) is 16.0. The van der Waals surface area contributed by atoms with E-state index in [4.69, 9.17) is 4.74 Å². The zero-order valence-electron chi connectivity index (χ0n) is 18.9. The average molecular weight is 443 g/mol. The number of ether oxygens (including phenoxy) is 1. The first-order valence-corrected chi connectivity index (χ1v) is 10.9. The number of amides is 1. The third-order valence-corrected chi connectivity index (χ3v) is 5.66. The van der Waals surface area contributed by atoms with Crippen LogP contribution in [0.3, 0.4) is 0 Å². The number of carbonyl (C=O) groups excluding carboxylic acids is 2. The van der Waals surface area contributed by atoms with E-state index >= 15 is 0 Å². The van der Waals surface area contributed by atoms with E-state index in [0.717, 1.165) is 22.0 Å². The lowest BCUT2D eigenvalue weighted by Gasteiger charge is -2.19. The predicted octanol–water partition coefficient (Wildman–Crippen LogP) is 3.90. The van der Waals surface area contributed by atoms with Crippen LogP contribution in [-0.2, 0) is 23.0 Å². The van der Waals surface area contributed by atoms with Crippen LogP contribution in [-0.4, -0.2) is 33.0 Å². The first-order valence-electron chi connectivity index (χ1n) is 10.9. The van der Waals surface area contributed by atoms with E-state index in [1.54, 1.807) is 6.20 Å². The number of carbonyl (C=O) groups is 2. The topological polar surface area (TPSA) is 86.1 Å². The number of hydrogen-bond acceptors (Lipinski definition) is 5. The van der Waals surface area contributed by atoms with E-state index in [2.05, 4.69) is 15.3 Å². The molecule has 0 fully saturated rings. The Morgan fingerprint density at radius 1 is 1.09 bits per heavy atom. The van der Waals surface area contributed by atoms with Crippen LogP contribution < -0.4 is 5.32 Å². The van der Waals surface area contributed by atoms with Crippen molar-refractivity contribution in [3.63, 3.8) is 0 Å². The van der Waals surface area contributed by atoms with E-state index < -0.39 is 24.5 Å². The van der Waals surface area contributed by atoms with Gasteiger partial charge in [-0.3, -0.25) is 9.78 Å². The summed E-state index contributed by atoms with van der Waals surface area (Å²) in [6, 6.07) is 16.8. The van der Waals surface area contributed by atoms with Gasteiger partial charge in [0.05, 0.1) is 16.8 Å². The number of imidazole rings is 1. The maximum absolute atomic E-state index is 13.0. The molecule has 4 rings (SSSR count). The van der Waals surface area contributed by atoms with Gasteiger partial charge in [0.25, 0.3) is 5.91 Å². The molecule has 0 saturated carbocycles. The molecule has 0 bridgehead atoms. The molecule has 1 amide bonds. The van der Waals surface area contributed by atoms with Crippen LogP contribution in [0.2, 0.25) is 0 Å². The zero-order valence-corrected chi connectivity index (χ0v) is 18.9. The Labute approximate surface area is 192 Å². The van der Waals surface area contributed by atoms with Gasteiger partial charge >= 0.3 is 5.97 Å². The van der Waals surface area contributed by atoms with Crippen molar-refractivity contribution in [2.24, 2.45) is 7.05 Å². The third kappa shape index (κ3) is 4.62. The van der Waals surface area contributed by atoms with Crippen LogP contribution in [0.1, 0.15) is 46.0 Å². The highest BCUT2D eigenvalue weighted by Crippen LogP contribution is 2.24. The fourth-order valence-electron chi connectivity index (χ4n) is 3.97. The van der Waals surface area contributed by atoms with Crippen molar-refractivity contribution in [1.82, 2.24) is 19.9 Å². The lowest BCUT2D eigenvalue weighted by molar-refractivity contribution is -0.124. The molecule has 2 aromatic heterocycles. The minimum absolute atomic E-state index is 0.401. The highest BCUT2D eigenvalue weighted by molar-refractivity contribution is 5.99. The zero-order chi connectivity index (χ0) is 23.4. The maximum atomic E-state index is 13.0. The molecule has 1 atom stereocenters. The van der Waals surface area contributed by atoms with Gasteiger partial charge < -0.3 is 14.6 Å². The Morgan fingerprint density at radius 3 is 2.52 bits per heavy atom. The lowest BCUT2D eigenvalue weighted by Crippen LogP contribution is -2.34. The second-order valence-corrected chi connectivity index (χ2v) is 7.81. The van der Waals surface area contributed by atoms with Crippen molar-refractivity contribution in [3.05, 3.63) is 95.2 Å². The first kappa shape index (κ1) is 22.2. The number of aryl methyl sites for hydroxylation is 3. The van der Waals surface area contributed by atoms with Crippen molar-refractivity contribution in [2.75, 3.05) is 6.61 Å². The van der Waals surface area contributed by atoms with Gasteiger partial charge in [0.1, 0.15) is 11.9 Å². The molecule has 0 saturated heterocycles. The van der Waals surface area contributed by atoms with Crippen molar-refractivity contribution < 1.29 is 14.3 Å². The largest absolute Gasteiger partial charge is 0.452 e. The Balaban J connectivity index is 1.52. The number of hydrogen-bond donors (Lipinski definition) is 1. The molecule has 0 aliphatic rings. The minimum Gasteiger partial charge on any atom is -0.452 e. The summed E-state index contributed by atoms with van der Waals surface area (Å²) >= 11 is 0. The number of nitrogens with one attached hydrogen (secondary N) is 1. The summed E-state index contributed by atoms with van der Waals surface area (Å²) in [7, 11) is 1.87. The van der Waals surface area contributed by atoms with Crippen molar-refractivity contribution >= 4 is 22.8 Å². The smallest absolute Gasteiger partial charge is 0.340 e. The van der Waals surface area contributed by atoms with Gasteiger partial charge in [-0.15, -0.1) is 0 Å². The van der Waals surface area contributed by atoms with Gasteiger partial charge in [0.15, 0.2) is 6.61 Å². The summed E-state index contributed by atoms with van der Waals surface area (Å²) in [6.07, 6.45) is 4.08. The molecule has 1 N–H and O–H groups in total. The average Bonchev–Trinajstić information content (AvgIpc) is 3.26. The van der Waals surface area contributed by atoms with E-state index in [-0.39, 0.29) is 0 Å². The highest BCUT2D eigenvalue weighted by Gasteiger charge is 2.23. The van der Waals surface area contributed by atoms with Crippen LogP contribution in [0.15, 0.2) is 67.0 Å². The molecular weight excluding hydrogens is 416 g/mol. The van der Waals surface area contributed by atoms with Gasteiger partial charge in [-0.25, -0.2) is 9.78 Å². The Kier molecular flexibility index (Phi) is 6.49. The van der Waals surface area contributed by atoms with Crippen LogP contribution in [0.4, 0.5) is 0 Å². The Bertz CT molecular complexity index is 1300. The molecule has 0 aliphatic heterocycles. The molecule has 2 aromatic carbocycles.